The number of phenols is 1. The molecule has 4 rings (SSSR count). The van der Waals surface area contributed by atoms with Crippen LogP contribution in [0.2, 0.25) is 0 Å². The number of amides is 1. The summed E-state index contributed by atoms with van der Waals surface area (Å²) in [7, 11) is 1.62. The number of aromatic nitrogens is 1. The number of nitrogens with zero attached hydrogens (tertiary/aromatic N) is 1. The molecule has 0 saturated heterocycles. The van der Waals surface area contributed by atoms with E-state index in [1.54, 1.807) is 43.6 Å². The molecule has 30 heavy (non-hydrogen) atoms. The number of methoxy groups -OCH3 is 1. The number of carbonyl (C=O) groups is 1. The number of benzene rings is 3. The van der Waals surface area contributed by atoms with Gasteiger partial charge >= 0.3 is 0 Å². The molecule has 0 saturated carbocycles. The van der Waals surface area contributed by atoms with Crippen molar-refractivity contribution in [2.24, 2.45) is 0 Å². The minimum absolute atomic E-state index is 0.0273. The van der Waals surface area contributed by atoms with E-state index in [1.807, 2.05) is 43.3 Å². The number of ether oxygens (including phenoxy) is 1. The molecule has 3 aromatic carbocycles. The molecule has 0 spiro atoms. The largest absolute Gasteiger partial charge is 0.506 e. The summed E-state index contributed by atoms with van der Waals surface area (Å²) in [6.07, 6.45) is 1.71. The summed E-state index contributed by atoms with van der Waals surface area (Å²) >= 11 is 0. The highest BCUT2D eigenvalue weighted by atomic mass is 16.5. The third-order valence-corrected chi connectivity index (χ3v) is 4.79. The number of phenolic OH excluding ortho intramolecular Hbond substituents is 1. The molecular formula is C24H21N3O3. The van der Waals surface area contributed by atoms with Crippen LogP contribution in [0.3, 0.4) is 0 Å². The van der Waals surface area contributed by atoms with Crippen molar-refractivity contribution in [1.82, 2.24) is 4.98 Å². The lowest BCUT2D eigenvalue weighted by Crippen LogP contribution is -2.11. The van der Waals surface area contributed by atoms with Crippen molar-refractivity contribution in [3.05, 3.63) is 84.1 Å². The predicted molar refractivity (Wildman–Crippen MR) is 119 cm³/mol. The maximum atomic E-state index is 12.4. The first-order chi connectivity index (χ1) is 14.5. The molecule has 4 aromatic rings. The molecule has 0 fully saturated rings. The van der Waals surface area contributed by atoms with Crippen LogP contribution in [0.5, 0.6) is 11.5 Å². The van der Waals surface area contributed by atoms with E-state index in [9.17, 15) is 9.90 Å². The quantitative estimate of drug-likeness (QED) is 0.399. The third-order valence-electron chi connectivity index (χ3n) is 4.79. The molecule has 0 bridgehead atoms. The van der Waals surface area contributed by atoms with E-state index in [2.05, 4.69) is 15.6 Å². The number of nitrogens with one attached hydrogen (secondary N) is 2. The Hall–Kier alpha value is -4.06. The van der Waals surface area contributed by atoms with Gasteiger partial charge in [0.25, 0.3) is 5.91 Å². The van der Waals surface area contributed by atoms with Crippen molar-refractivity contribution >= 4 is 33.9 Å². The molecule has 1 aromatic heterocycles. The van der Waals surface area contributed by atoms with Gasteiger partial charge in [0.2, 0.25) is 0 Å². The second-order valence-electron chi connectivity index (χ2n) is 6.92. The van der Waals surface area contributed by atoms with Gasteiger partial charge in [-0.05, 0) is 49.4 Å². The Morgan fingerprint density at radius 2 is 1.77 bits per heavy atom. The zero-order chi connectivity index (χ0) is 21.1. The van der Waals surface area contributed by atoms with E-state index in [0.717, 1.165) is 27.9 Å². The Kier molecular flexibility index (Phi) is 5.22. The normalized spacial score (nSPS) is 10.6. The zero-order valence-corrected chi connectivity index (χ0v) is 16.6. The standard InChI is InChI=1S/C24H21N3O3/c1-15-3-5-16(6-4-15)24(29)27-21-10-7-17(13-23(21)28)26-20-11-12-25-22-14-18(30-2)8-9-19(20)22/h3-14,28H,1-2H3,(H,25,26)(H,27,29). The molecule has 0 atom stereocenters. The fraction of sp³-hybridized carbons (Fsp3) is 0.0833. The minimum Gasteiger partial charge on any atom is -0.506 e. The highest BCUT2D eigenvalue weighted by Gasteiger charge is 2.10. The average Bonchev–Trinajstić information content (AvgIpc) is 2.76. The zero-order valence-electron chi connectivity index (χ0n) is 16.6. The van der Waals surface area contributed by atoms with Crippen LogP contribution in [-0.4, -0.2) is 23.1 Å². The number of anilines is 3. The van der Waals surface area contributed by atoms with Crippen molar-refractivity contribution in [3.8, 4) is 11.5 Å². The highest BCUT2D eigenvalue weighted by Crippen LogP contribution is 2.32. The predicted octanol–water partition coefficient (Wildman–Crippen LogP) is 5.25. The lowest BCUT2D eigenvalue weighted by Gasteiger charge is -2.13. The molecule has 1 amide bonds. The van der Waals surface area contributed by atoms with Crippen molar-refractivity contribution in [2.75, 3.05) is 17.7 Å². The topological polar surface area (TPSA) is 83.5 Å². The molecule has 6 nitrogen and oxygen atoms in total. The van der Waals surface area contributed by atoms with Gasteiger partial charge in [-0.2, -0.15) is 0 Å². The van der Waals surface area contributed by atoms with Crippen LogP contribution in [0.15, 0.2) is 72.9 Å². The second-order valence-corrected chi connectivity index (χ2v) is 6.92. The van der Waals surface area contributed by atoms with Crippen LogP contribution in [0, 0.1) is 6.92 Å². The van der Waals surface area contributed by atoms with Crippen molar-refractivity contribution in [3.63, 3.8) is 0 Å². The van der Waals surface area contributed by atoms with Gasteiger partial charge in [-0.15, -0.1) is 0 Å². The van der Waals surface area contributed by atoms with Crippen LogP contribution in [0.1, 0.15) is 15.9 Å². The Morgan fingerprint density at radius 1 is 0.967 bits per heavy atom. The van der Waals surface area contributed by atoms with Crippen LogP contribution in [-0.2, 0) is 0 Å². The lowest BCUT2D eigenvalue weighted by atomic mass is 10.1. The minimum atomic E-state index is -0.278. The first-order valence-corrected chi connectivity index (χ1v) is 9.44. The van der Waals surface area contributed by atoms with Gasteiger partial charge in [0.1, 0.15) is 11.5 Å². The number of hydrogen-bond donors (Lipinski definition) is 3. The summed E-state index contributed by atoms with van der Waals surface area (Å²) in [5.74, 6) is 0.430. The van der Waals surface area contributed by atoms with Gasteiger partial charge < -0.3 is 20.5 Å². The maximum Gasteiger partial charge on any atom is 0.255 e. The van der Waals surface area contributed by atoms with Crippen LogP contribution in [0.25, 0.3) is 10.9 Å². The van der Waals surface area contributed by atoms with Crippen molar-refractivity contribution in [1.29, 1.82) is 0 Å². The smallest absolute Gasteiger partial charge is 0.255 e. The van der Waals surface area contributed by atoms with E-state index in [0.29, 0.717) is 16.9 Å². The Bertz CT molecular complexity index is 1220. The van der Waals surface area contributed by atoms with Crippen LogP contribution >= 0.6 is 0 Å². The number of carbonyl (C=O) groups excluding carboxylic acids is 1. The van der Waals surface area contributed by atoms with Crippen LogP contribution in [0.4, 0.5) is 17.1 Å². The molecule has 0 aliphatic rings. The number of rotatable bonds is 5. The summed E-state index contributed by atoms with van der Waals surface area (Å²) in [4.78, 5) is 16.8. The molecule has 6 heteroatoms. The molecule has 150 valence electrons. The first kappa shape index (κ1) is 19.3. The number of pyridine rings is 1. The molecule has 0 aliphatic heterocycles. The molecule has 0 aliphatic carbocycles. The third kappa shape index (κ3) is 4.03. The van der Waals surface area contributed by atoms with Crippen molar-refractivity contribution in [2.45, 2.75) is 6.92 Å². The maximum absolute atomic E-state index is 12.4. The van der Waals surface area contributed by atoms with Crippen molar-refractivity contribution < 1.29 is 14.6 Å². The van der Waals surface area contributed by atoms with Gasteiger partial charge in [-0.3, -0.25) is 9.78 Å². The SMILES string of the molecule is COc1ccc2c(Nc3ccc(NC(=O)c4ccc(C)cc4)c(O)c3)ccnc2c1. The summed E-state index contributed by atoms with van der Waals surface area (Å²) in [5.41, 5.74) is 4.27. The molecule has 1 heterocycles. The Labute approximate surface area is 174 Å². The first-order valence-electron chi connectivity index (χ1n) is 9.44. The van der Waals surface area contributed by atoms with Gasteiger partial charge in [-0.1, -0.05) is 17.7 Å². The van der Waals surface area contributed by atoms with Gasteiger partial charge in [-0.25, -0.2) is 0 Å². The second kappa shape index (κ2) is 8.13. The number of hydrogen-bond acceptors (Lipinski definition) is 5. The van der Waals surface area contributed by atoms with Gasteiger partial charge in [0, 0.05) is 40.7 Å². The number of aryl methyl sites for hydroxylation is 1. The molecular weight excluding hydrogens is 378 g/mol. The number of fused-ring (bicyclic) bond motifs is 1. The van der Waals surface area contributed by atoms with E-state index in [1.165, 1.54) is 0 Å². The lowest BCUT2D eigenvalue weighted by molar-refractivity contribution is 0.102. The molecule has 0 unspecified atom stereocenters. The van der Waals surface area contributed by atoms with E-state index >= 15 is 0 Å². The van der Waals surface area contributed by atoms with Gasteiger partial charge in [0.05, 0.1) is 18.3 Å². The monoisotopic (exact) mass is 399 g/mol. The van der Waals surface area contributed by atoms with E-state index in [4.69, 9.17) is 4.74 Å². The summed E-state index contributed by atoms with van der Waals surface area (Å²) < 4.78 is 5.25. The Balaban J connectivity index is 1.54. The van der Waals surface area contributed by atoms with Crippen LogP contribution < -0.4 is 15.4 Å². The number of aromatic hydroxyl groups is 1. The summed E-state index contributed by atoms with van der Waals surface area (Å²) in [6.45, 7) is 1.96. The Morgan fingerprint density at radius 3 is 2.50 bits per heavy atom. The molecule has 3 N–H and O–H groups in total. The highest BCUT2D eigenvalue weighted by molar-refractivity contribution is 6.05. The van der Waals surface area contributed by atoms with Gasteiger partial charge in [0.15, 0.2) is 0 Å². The molecule has 0 radical (unpaired) electrons. The summed E-state index contributed by atoms with van der Waals surface area (Å²) in [5, 5.41) is 17.4. The van der Waals surface area contributed by atoms with E-state index in [-0.39, 0.29) is 11.7 Å². The van der Waals surface area contributed by atoms with E-state index < -0.39 is 0 Å². The summed E-state index contributed by atoms with van der Waals surface area (Å²) in [6, 6.07) is 19.8. The fourth-order valence-electron chi connectivity index (χ4n) is 3.13. The average molecular weight is 399 g/mol. The fourth-order valence-corrected chi connectivity index (χ4v) is 3.13.